The van der Waals surface area contributed by atoms with Gasteiger partial charge in [0.2, 0.25) is 11.7 Å². The summed E-state index contributed by atoms with van der Waals surface area (Å²) in [4.78, 5) is 36.1. The van der Waals surface area contributed by atoms with Gasteiger partial charge in [-0.1, -0.05) is 31.2 Å². The second-order valence-electron chi connectivity index (χ2n) is 4.65. The number of rotatable bonds is 0. The maximum absolute atomic E-state index is 12.3. The van der Waals surface area contributed by atoms with Crippen molar-refractivity contribution in [1.29, 1.82) is 0 Å². The van der Waals surface area contributed by atoms with Crippen LogP contribution in [0.15, 0.2) is 35.5 Å². The molecule has 1 unspecified atom stereocenters. The fourth-order valence-electron chi connectivity index (χ4n) is 2.40. The summed E-state index contributed by atoms with van der Waals surface area (Å²) >= 11 is 0. The Labute approximate surface area is 104 Å². The monoisotopic (exact) mass is 241 g/mol. The van der Waals surface area contributed by atoms with Crippen LogP contribution in [0, 0.1) is 5.92 Å². The highest BCUT2D eigenvalue weighted by Crippen LogP contribution is 2.31. The summed E-state index contributed by atoms with van der Waals surface area (Å²) in [7, 11) is 0. The SMILES string of the molecule is CC1CC2=C(NC1=O)C(=O)c1ccccc1C2=O. The summed E-state index contributed by atoms with van der Waals surface area (Å²) in [5.74, 6) is -0.882. The first-order valence-electron chi connectivity index (χ1n) is 5.82. The molecule has 3 rings (SSSR count). The molecule has 90 valence electrons. The number of carbonyl (C=O) groups excluding carboxylic acids is 3. The third kappa shape index (κ3) is 1.35. The average molecular weight is 241 g/mol. The van der Waals surface area contributed by atoms with Gasteiger partial charge in [0, 0.05) is 22.6 Å². The van der Waals surface area contributed by atoms with Crippen LogP contribution in [-0.4, -0.2) is 17.5 Å². The van der Waals surface area contributed by atoms with E-state index in [-0.39, 0.29) is 29.1 Å². The number of ketones is 2. The van der Waals surface area contributed by atoms with Crippen LogP contribution in [0.4, 0.5) is 0 Å². The molecule has 1 amide bonds. The van der Waals surface area contributed by atoms with Gasteiger partial charge in [0.05, 0.1) is 5.70 Å². The van der Waals surface area contributed by atoms with Crippen molar-refractivity contribution in [3.63, 3.8) is 0 Å². The minimum absolute atomic E-state index is 0.146. The standard InChI is InChI=1S/C14H11NO3/c1-7-6-10-11(15-14(7)18)13(17)9-5-3-2-4-8(9)12(10)16/h2-5,7H,6H2,1H3,(H,15,18). The van der Waals surface area contributed by atoms with Crippen LogP contribution in [-0.2, 0) is 4.79 Å². The van der Waals surface area contributed by atoms with E-state index in [1.807, 2.05) is 0 Å². The fraction of sp³-hybridized carbons (Fsp3) is 0.214. The lowest BCUT2D eigenvalue weighted by molar-refractivity contribution is -0.124. The summed E-state index contributed by atoms with van der Waals surface area (Å²) in [6.07, 6.45) is 0.333. The summed E-state index contributed by atoms with van der Waals surface area (Å²) in [5.41, 5.74) is 1.41. The molecule has 1 heterocycles. The topological polar surface area (TPSA) is 63.2 Å². The number of hydrogen-bond donors (Lipinski definition) is 1. The number of carbonyl (C=O) groups is 3. The fourth-order valence-corrected chi connectivity index (χ4v) is 2.40. The van der Waals surface area contributed by atoms with E-state index in [1.54, 1.807) is 31.2 Å². The van der Waals surface area contributed by atoms with Gasteiger partial charge < -0.3 is 5.32 Å². The van der Waals surface area contributed by atoms with Crippen LogP contribution >= 0.6 is 0 Å². The molecular weight excluding hydrogens is 230 g/mol. The van der Waals surface area contributed by atoms with E-state index < -0.39 is 0 Å². The molecule has 0 saturated carbocycles. The third-order valence-corrected chi connectivity index (χ3v) is 3.43. The van der Waals surface area contributed by atoms with Gasteiger partial charge >= 0.3 is 0 Å². The van der Waals surface area contributed by atoms with Crippen molar-refractivity contribution >= 4 is 17.5 Å². The lowest BCUT2D eigenvalue weighted by atomic mass is 9.81. The predicted octanol–water partition coefficient (Wildman–Crippen LogP) is 1.48. The lowest BCUT2D eigenvalue weighted by Crippen LogP contribution is -2.41. The number of fused-ring (bicyclic) bond motifs is 1. The molecule has 0 saturated heterocycles. The Morgan fingerprint density at radius 2 is 1.67 bits per heavy atom. The first-order valence-corrected chi connectivity index (χ1v) is 5.82. The van der Waals surface area contributed by atoms with Crippen LogP contribution in [0.1, 0.15) is 34.1 Å². The average Bonchev–Trinajstić information content (AvgIpc) is 2.38. The van der Waals surface area contributed by atoms with Gasteiger partial charge in [-0.05, 0) is 6.42 Å². The van der Waals surface area contributed by atoms with Crippen molar-refractivity contribution in [1.82, 2.24) is 5.32 Å². The molecule has 18 heavy (non-hydrogen) atoms. The zero-order chi connectivity index (χ0) is 12.9. The Morgan fingerprint density at radius 1 is 1.06 bits per heavy atom. The molecule has 2 aliphatic rings. The van der Waals surface area contributed by atoms with Crippen molar-refractivity contribution in [3.05, 3.63) is 46.7 Å². The molecule has 1 aliphatic carbocycles. The molecule has 4 nitrogen and oxygen atoms in total. The quantitative estimate of drug-likeness (QED) is 0.748. The molecule has 0 radical (unpaired) electrons. The first-order chi connectivity index (χ1) is 8.59. The number of benzene rings is 1. The van der Waals surface area contributed by atoms with Crippen LogP contribution in [0.2, 0.25) is 0 Å². The maximum Gasteiger partial charge on any atom is 0.227 e. The van der Waals surface area contributed by atoms with Gasteiger partial charge in [0.1, 0.15) is 0 Å². The van der Waals surface area contributed by atoms with Gasteiger partial charge in [0.25, 0.3) is 0 Å². The molecule has 0 aromatic heterocycles. The highest BCUT2D eigenvalue weighted by Gasteiger charge is 2.37. The summed E-state index contributed by atoms with van der Waals surface area (Å²) < 4.78 is 0. The van der Waals surface area contributed by atoms with Gasteiger partial charge in [-0.3, -0.25) is 14.4 Å². The van der Waals surface area contributed by atoms with Crippen molar-refractivity contribution in [3.8, 4) is 0 Å². The third-order valence-electron chi connectivity index (χ3n) is 3.43. The van der Waals surface area contributed by atoms with Crippen molar-refractivity contribution in [2.45, 2.75) is 13.3 Å². The second kappa shape index (κ2) is 3.63. The van der Waals surface area contributed by atoms with E-state index in [0.29, 0.717) is 23.1 Å². The van der Waals surface area contributed by atoms with Crippen molar-refractivity contribution < 1.29 is 14.4 Å². The zero-order valence-corrected chi connectivity index (χ0v) is 9.82. The van der Waals surface area contributed by atoms with Gasteiger partial charge in [-0.2, -0.15) is 0 Å². The Morgan fingerprint density at radius 3 is 2.33 bits per heavy atom. The van der Waals surface area contributed by atoms with Crippen LogP contribution in [0.25, 0.3) is 0 Å². The Balaban J connectivity index is 2.19. The van der Waals surface area contributed by atoms with E-state index in [4.69, 9.17) is 0 Å². The highest BCUT2D eigenvalue weighted by molar-refractivity contribution is 6.28. The van der Waals surface area contributed by atoms with E-state index in [0.717, 1.165) is 0 Å². The molecule has 1 N–H and O–H groups in total. The molecule has 1 atom stereocenters. The van der Waals surface area contributed by atoms with E-state index in [2.05, 4.69) is 5.32 Å². The van der Waals surface area contributed by atoms with Crippen LogP contribution in [0.5, 0.6) is 0 Å². The molecule has 4 heteroatoms. The van der Waals surface area contributed by atoms with E-state index >= 15 is 0 Å². The molecule has 0 bridgehead atoms. The largest absolute Gasteiger partial charge is 0.322 e. The van der Waals surface area contributed by atoms with E-state index in [9.17, 15) is 14.4 Å². The maximum atomic E-state index is 12.3. The highest BCUT2D eigenvalue weighted by atomic mass is 16.2. The molecule has 1 aromatic carbocycles. The number of Topliss-reactive ketones (excluding diaryl/α,β-unsaturated/α-hetero) is 2. The van der Waals surface area contributed by atoms with Crippen molar-refractivity contribution in [2.24, 2.45) is 5.92 Å². The van der Waals surface area contributed by atoms with Gasteiger partial charge in [-0.15, -0.1) is 0 Å². The Hall–Kier alpha value is -2.23. The number of amides is 1. The summed E-state index contributed by atoms with van der Waals surface area (Å²) in [6, 6.07) is 6.72. The predicted molar refractivity (Wildman–Crippen MR) is 64.1 cm³/mol. The van der Waals surface area contributed by atoms with Crippen LogP contribution in [0.3, 0.4) is 0 Å². The summed E-state index contributed by atoms with van der Waals surface area (Å²) in [5, 5.41) is 2.56. The molecule has 1 aliphatic heterocycles. The Kier molecular flexibility index (Phi) is 2.20. The molecule has 1 aromatic rings. The molecule has 0 fully saturated rings. The van der Waals surface area contributed by atoms with E-state index in [1.165, 1.54) is 0 Å². The Bertz CT molecular complexity index is 628. The number of nitrogens with one attached hydrogen (secondary N) is 1. The zero-order valence-electron chi connectivity index (χ0n) is 9.82. The molecule has 0 spiro atoms. The summed E-state index contributed by atoms with van der Waals surface area (Å²) in [6.45, 7) is 1.75. The lowest BCUT2D eigenvalue weighted by Gasteiger charge is -2.27. The molecular formula is C14H11NO3. The normalized spacial score (nSPS) is 22.5. The van der Waals surface area contributed by atoms with Gasteiger partial charge in [0.15, 0.2) is 5.78 Å². The first kappa shape index (κ1) is 10.9. The van der Waals surface area contributed by atoms with Gasteiger partial charge in [-0.25, -0.2) is 0 Å². The second-order valence-corrected chi connectivity index (χ2v) is 4.65. The number of hydrogen-bond acceptors (Lipinski definition) is 3. The minimum atomic E-state index is -0.272. The number of allylic oxidation sites excluding steroid dienone is 2. The van der Waals surface area contributed by atoms with Crippen molar-refractivity contribution in [2.75, 3.05) is 0 Å². The van der Waals surface area contributed by atoms with Crippen LogP contribution < -0.4 is 5.32 Å². The smallest absolute Gasteiger partial charge is 0.227 e. The minimum Gasteiger partial charge on any atom is -0.322 e.